The second kappa shape index (κ2) is 4.58. The Balaban J connectivity index is 2.46. The van der Waals surface area contributed by atoms with E-state index < -0.39 is 0 Å². The van der Waals surface area contributed by atoms with E-state index in [0.29, 0.717) is 4.47 Å². The molecule has 0 aliphatic carbocycles. The minimum Gasteiger partial charge on any atom is -0.507 e. The van der Waals surface area contributed by atoms with E-state index in [-0.39, 0.29) is 5.75 Å². The van der Waals surface area contributed by atoms with Crippen molar-refractivity contribution in [2.24, 2.45) is 0 Å². The molecule has 0 radical (unpaired) electrons. The summed E-state index contributed by atoms with van der Waals surface area (Å²) in [6.07, 6.45) is 0. The van der Waals surface area contributed by atoms with Crippen LogP contribution in [0.2, 0.25) is 0 Å². The van der Waals surface area contributed by atoms with Crippen molar-refractivity contribution in [2.45, 2.75) is 0 Å². The molecule has 0 heterocycles. The molecule has 0 saturated carbocycles. The van der Waals surface area contributed by atoms with Crippen LogP contribution in [0.4, 0.5) is 0 Å². The number of phenolic OH excluding ortho intramolecular Hbond substituents is 1. The van der Waals surface area contributed by atoms with Crippen molar-refractivity contribution in [3.8, 4) is 22.6 Å². The first kappa shape index (κ1) is 11.0. The van der Waals surface area contributed by atoms with Crippen LogP contribution in [-0.2, 0) is 0 Å². The van der Waals surface area contributed by atoms with Gasteiger partial charge in [0.15, 0.2) is 0 Å². The van der Waals surface area contributed by atoms with Gasteiger partial charge in [0.25, 0.3) is 0 Å². The van der Waals surface area contributed by atoms with Gasteiger partial charge in [-0.25, -0.2) is 0 Å². The van der Waals surface area contributed by atoms with E-state index >= 15 is 0 Å². The highest BCUT2D eigenvalue weighted by molar-refractivity contribution is 9.10. The molecule has 2 aromatic rings. The summed E-state index contributed by atoms with van der Waals surface area (Å²) in [6, 6.07) is 13.2. The molecule has 82 valence electrons. The molecule has 0 aromatic heterocycles. The number of phenols is 1. The minimum atomic E-state index is 0.236. The Labute approximate surface area is 103 Å². The minimum absolute atomic E-state index is 0.236. The number of hydrogen-bond donors (Lipinski definition) is 1. The third-order valence-electron chi connectivity index (χ3n) is 2.35. The van der Waals surface area contributed by atoms with Crippen molar-refractivity contribution in [3.63, 3.8) is 0 Å². The average molecular weight is 279 g/mol. The maximum atomic E-state index is 9.61. The maximum absolute atomic E-state index is 9.61. The first-order chi connectivity index (χ1) is 7.70. The van der Waals surface area contributed by atoms with Crippen LogP contribution in [0.15, 0.2) is 46.9 Å². The van der Waals surface area contributed by atoms with Gasteiger partial charge in [-0.3, -0.25) is 0 Å². The summed E-state index contributed by atoms with van der Waals surface area (Å²) in [5, 5.41) is 9.61. The van der Waals surface area contributed by atoms with Gasteiger partial charge in [0.05, 0.1) is 11.6 Å². The summed E-state index contributed by atoms with van der Waals surface area (Å²) < 4.78 is 5.85. The first-order valence-electron chi connectivity index (χ1n) is 4.83. The zero-order valence-electron chi connectivity index (χ0n) is 8.77. The molecule has 16 heavy (non-hydrogen) atoms. The summed E-state index contributed by atoms with van der Waals surface area (Å²) in [5.41, 5.74) is 1.97. The van der Waals surface area contributed by atoms with Crippen LogP contribution in [0.5, 0.6) is 11.5 Å². The molecule has 1 N–H and O–H groups in total. The van der Waals surface area contributed by atoms with Crippen LogP contribution in [0.1, 0.15) is 0 Å². The molecule has 0 fully saturated rings. The topological polar surface area (TPSA) is 29.5 Å². The van der Waals surface area contributed by atoms with Crippen molar-refractivity contribution in [2.75, 3.05) is 7.11 Å². The van der Waals surface area contributed by atoms with E-state index in [1.165, 1.54) is 0 Å². The van der Waals surface area contributed by atoms with Crippen LogP contribution in [0.25, 0.3) is 11.1 Å². The van der Waals surface area contributed by atoms with E-state index in [9.17, 15) is 5.11 Å². The van der Waals surface area contributed by atoms with Crippen LogP contribution in [0.3, 0.4) is 0 Å². The lowest BCUT2D eigenvalue weighted by Crippen LogP contribution is -1.83. The number of rotatable bonds is 2. The maximum Gasteiger partial charge on any atom is 0.130 e. The van der Waals surface area contributed by atoms with Crippen LogP contribution in [0, 0.1) is 0 Å². The molecule has 0 aliphatic rings. The summed E-state index contributed by atoms with van der Waals surface area (Å²) in [5.74, 6) is 1.04. The number of benzene rings is 2. The highest BCUT2D eigenvalue weighted by atomic mass is 79.9. The Morgan fingerprint density at radius 3 is 2.50 bits per heavy atom. The van der Waals surface area contributed by atoms with Crippen molar-refractivity contribution in [3.05, 3.63) is 46.9 Å². The third-order valence-corrected chi connectivity index (χ3v) is 3.02. The van der Waals surface area contributed by atoms with Crippen molar-refractivity contribution in [1.82, 2.24) is 0 Å². The number of halogens is 1. The summed E-state index contributed by atoms with van der Waals surface area (Å²) in [7, 11) is 1.64. The SMILES string of the molecule is COc1cccc(-c2ccc(Br)c(O)c2)c1. The van der Waals surface area contributed by atoms with Crippen LogP contribution in [-0.4, -0.2) is 12.2 Å². The van der Waals surface area contributed by atoms with Gasteiger partial charge < -0.3 is 9.84 Å². The Bertz CT molecular complexity index is 509. The summed E-state index contributed by atoms with van der Waals surface area (Å²) in [6.45, 7) is 0. The molecule has 2 nitrogen and oxygen atoms in total. The van der Waals surface area contributed by atoms with Crippen molar-refractivity contribution < 1.29 is 9.84 Å². The number of aromatic hydroxyl groups is 1. The number of ether oxygens (including phenoxy) is 1. The quantitative estimate of drug-likeness (QED) is 0.905. The van der Waals surface area contributed by atoms with Gasteiger partial charge in [-0.1, -0.05) is 18.2 Å². The molecule has 0 spiro atoms. The molecule has 0 aliphatic heterocycles. The lowest BCUT2D eigenvalue weighted by atomic mass is 10.1. The van der Waals surface area contributed by atoms with E-state index in [1.807, 2.05) is 36.4 Å². The number of hydrogen-bond acceptors (Lipinski definition) is 2. The zero-order valence-corrected chi connectivity index (χ0v) is 10.4. The summed E-state index contributed by atoms with van der Waals surface area (Å²) >= 11 is 3.26. The van der Waals surface area contributed by atoms with E-state index in [0.717, 1.165) is 16.9 Å². The monoisotopic (exact) mass is 278 g/mol. The molecular weight excluding hydrogens is 268 g/mol. The predicted octanol–water partition coefficient (Wildman–Crippen LogP) is 3.83. The molecule has 0 unspecified atom stereocenters. The van der Waals surface area contributed by atoms with Gasteiger partial charge in [0.1, 0.15) is 11.5 Å². The van der Waals surface area contributed by atoms with Crippen molar-refractivity contribution in [1.29, 1.82) is 0 Å². The Hall–Kier alpha value is -1.48. The molecular formula is C13H11BrO2. The zero-order chi connectivity index (χ0) is 11.5. The molecule has 2 rings (SSSR count). The second-order valence-corrected chi connectivity index (χ2v) is 4.25. The lowest BCUT2D eigenvalue weighted by molar-refractivity contribution is 0.415. The van der Waals surface area contributed by atoms with Gasteiger partial charge in [-0.05, 0) is 51.3 Å². The fourth-order valence-electron chi connectivity index (χ4n) is 1.49. The Morgan fingerprint density at radius 1 is 1.06 bits per heavy atom. The molecule has 3 heteroatoms. The largest absolute Gasteiger partial charge is 0.507 e. The highest BCUT2D eigenvalue weighted by Gasteiger charge is 2.03. The smallest absolute Gasteiger partial charge is 0.130 e. The second-order valence-electron chi connectivity index (χ2n) is 3.40. The molecule has 0 atom stereocenters. The van der Waals surface area contributed by atoms with Gasteiger partial charge in [-0.2, -0.15) is 0 Å². The van der Waals surface area contributed by atoms with Gasteiger partial charge in [0, 0.05) is 0 Å². The van der Waals surface area contributed by atoms with E-state index in [1.54, 1.807) is 13.2 Å². The Kier molecular flexibility index (Phi) is 3.15. The van der Waals surface area contributed by atoms with E-state index in [4.69, 9.17) is 4.74 Å². The van der Waals surface area contributed by atoms with E-state index in [2.05, 4.69) is 15.9 Å². The van der Waals surface area contributed by atoms with Gasteiger partial charge in [0.2, 0.25) is 0 Å². The normalized spacial score (nSPS) is 10.1. The summed E-state index contributed by atoms with van der Waals surface area (Å²) in [4.78, 5) is 0. The van der Waals surface area contributed by atoms with Gasteiger partial charge in [-0.15, -0.1) is 0 Å². The molecule has 0 bridgehead atoms. The van der Waals surface area contributed by atoms with Crippen molar-refractivity contribution >= 4 is 15.9 Å². The first-order valence-corrected chi connectivity index (χ1v) is 5.63. The fourth-order valence-corrected chi connectivity index (χ4v) is 1.74. The average Bonchev–Trinajstić information content (AvgIpc) is 2.33. The Morgan fingerprint density at radius 2 is 1.81 bits per heavy atom. The highest BCUT2D eigenvalue weighted by Crippen LogP contribution is 2.31. The van der Waals surface area contributed by atoms with Crippen LogP contribution < -0.4 is 4.74 Å². The van der Waals surface area contributed by atoms with Crippen LogP contribution >= 0.6 is 15.9 Å². The molecule has 0 amide bonds. The fraction of sp³-hybridized carbons (Fsp3) is 0.0769. The number of methoxy groups -OCH3 is 1. The third kappa shape index (κ3) is 2.19. The standard InChI is InChI=1S/C13H11BrO2/c1-16-11-4-2-3-9(7-11)10-5-6-12(14)13(15)8-10/h2-8,15H,1H3. The molecule has 0 saturated heterocycles. The lowest BCUT2D eigenvalue weighted by Gasteiger charge is -2.06. The van der Waals surface area contributed by atoms with Gasteiger partial charge >= 0.3 is 0 Å². The molecule has 2 aromatic carbocycles. The predicted molar refractivity (Wildman–Crippen MR) is 67.8 cm³/mol.